The fourth-order valence-electron chi connectivity index (χ4n) is 1.88. The zero-order chi connectivity index (χ0) is 11.3. The molecule has 0 aromatic heterocycles. The van der Waals surface area contributed by atoms with Gasteiger partial charge in [-0.25, -0.2) is 4.72 Å². The summed E-state index contributed by atoms with van der Waals surface area (Å²) in [6.45, 7) is 5.05. The molecule has 0 aromatic carbocycles. The summed E-state index contributed by atoms with van der Waals surface area (Å²) in [5.74, 6) is 0.495. The molecule has 0 unspecified atom stereocenters. The van der Waals surface area contributed by atoms with Crippen molar-refractivity contribution in [3.8, 4) is 0 Å². The van der Waals surface area contributed by atoms with Crippen LogP contribution in [0.2, 0.25) is 0 Å². The molecule has 0 aliphatic carbocycles. The largest absolute Gasteiger partial charge is 0.317 e. The van der Waals surface area contributed by atoms with Crippen molar-refractivity contribution in [1.82, 2.24) is 14.3 Å². The summed E-state index contributed by atoms with van der Waals surface area (Å²) in [4.78, 5) is 0. The van der Waals surface area contributed by atoms with Gasteiger partial charge in [0.05, 0.1) is 0 Å². The number of piperidine rings is 1. The van der Waals surface area contributed by atoms with Gasteiger partial charge in [-0.3, -0.25) is 0 Å². The molecule has 0 saturated carbocycles. The first-order valence-corrected chi connectivity index (χ1v) is 6.93. The van der Waals surface area contributed by atoms with Crippen LogP contribution in [0.4, 0.5) is 0 Å². The van der Waals surface area contributed by atoms with Gasteiger partial charge >= 0.3 is 0 Å². The number of nitrogens with zero attached hydrogens (tertiary/aromatic N) is 1. The minimum absolute atomic E-state index is 0.495. The van der Waals surface area contributed by atoms with Crippen LogP contribution in [-0.2, 0) is 10.2 Å². The Hall–Kier alpha value is -0.170. The molecule has 2 N–H and O–H groups in total. The Morgan fingerprint density at radius 1 is 1.40 bits per heavy atom. The van der Waals surface area contributed by atoms with Gasteiger partial charge in [0.1, 0.15) is 0 Å². The lowest BCUT2D eigenvalue weighted by atomic mass is 9.98. The molecule has 1 aliphatic rings. The molecule has 1 rings (SSSR count). The quantitative estimate of drug-likeness (QED) is 0.692. The first kappa shape index (κ1) is 12.9. The topological polar surface area (TPSA) is 61.4 Å². The van der Waals surface area contributed by atoms with Gasteiger partial charge < -0.3 is 5.32 Å². The van der Waals surface area contributed by atoms with E-state index in [1.165, 1.54) is 11.4 Å². The molecule has 0 amide bonds. The highest BCUT2D eigenvalue weighted by molar-refractivity contribution is 7.87. The van der Waals surface area contributed by atoms with Crippen LogP contribution in [0.15, 0.2) is 0 Å². The SMILES string of the molecule is CCN(CC1CCNCC1)S(=O)(=O)NC. The molecule has 1 saturated heterocycles. The van der Waals surface area contributed by atoms with Crippen LogP contribution >= 0.6 is 0 Å². The van der Waals surface area contributed by atoms with Crippen LogP contribution in [-0.4, -0.2) is 45.9 Å². The molecule has 90 valence electrons. The third-order valence-corrected chi connectivity index (χ3v) is 4.47. The van der Waals surface area contributed by atoms with Crippen molar-refractivity contribution in [3.05, 3.63) is 0 Å². The molecular weight excluding hydrogens is 214 g/mol. The molecule has 5 nitrogen and oxygen atoms in total. The lowest BCUT2D eigenvalue weighted by Crippen LogP contribution is -2.43. The lowest BCUT2D eigenvalue weighted by molar-refractivity contribution is 0.292. The van der Waals surface area contributed by atoms with Crippen LogP contribution in [0, 0.1) is 5.92 Å². The fourth-order valence-corrected chi connectivity index (χ4v) is 2.88. The van der Waals surface area contributed by atoms with Gasteiger partial charge in [0.15, 0.2) is 0 Å². The second kappa shape index (κ2) is 5.79. The van der Waals surface area contributed by atoms with E-state index >= 15 is 0 Å². The molecule has 15 heavy (non-hydrogen) atoms. The van der Waals surface area contributed by atoms with E-state index in [4.69, 9.17) is 0 Å². The van der Waals surface area contributed by atoms with Crippen molar-refractivity contribution in [3.63, 3.8) is 0 Å². The second-order valence-electron chi connectivity index (χ2n) is 3.85. The van der Waals surface area contributed by atoms with Gasteiger partial charge in [0, 0.05) is 20.1 Å². The predicted molar refractivity (Wildman–Crippen MR) is 60.8 cm³/mol. The molecule has 1 aliphatic heterocycles. The number of hydrogen-bond donors (Lipinski definition) is 2. The highest BCUT2D eigenvalue weighted by Crippen LogP contribution is 2.14. The molecule has 0 spiro atoms. The zero-order valence-electron chi connectivity index (χ0n) is 9.49. The Bertz CT molecular complexity index is 273. The summed E-state index contributed by atoms with van der Waals surface area (Å²) in [5, 5.41) is 3.28. The van der Waals surface area contributed by atoms with E-state index in [9.17, 15) is 8.42 Å². The standard InChI is InChI=1S/C9H21N3O2S/c1-3-12(15(13,14)10-2)8-9-4-6-11-7-5-9/h9-11H,3-8H2,1-2H3. The summed E-state index contributed by atoms with van der Waals surface area (Å²) in [6.07, 6.45) is 2.13. The van der Waals surface area contributed by atoms with Crippen LogP contribution in [0.25, 0.3) is 0 Å². The third kappa shape index (κ3) is 3.71. The van der Waals surface area contributed by atoms with E-state index in [1.54, 1.807) is 0 Å². The normalized spacial score (nSPS) is 19.7. The maximum atomic E-state index is 11.6. The molecule has 1 fully saturated rings. The summed E-state index contributed by atoms with van der Waals surface area (Å²) in [5.41, 5.74) is 0. The molecule has 6 heteroatoms. The average Bonchev–Trinajstić information content (AvgIpc) is 2.27. The summed E-state index contributed by atoms with van der Waals surface area (Å²) in [7, 11) is -1.79. The van der Waals surface area contributed by atoms with E-state index in [0.717, 1.165) is 25.9 Å². The van der Waals surface area contributed by atoms with Gasteiger partial charge in [-0.1, -0.05) is 6.92 Å². The van der Waals surface area contributed by atoms with Crippen molar-refractivity contribution in [2.24, 2.45) is 5.92 Å². The van der Waals surface area contributed by atoms with Gasteiger partial charge in [-0.15, -0.1) is 0 Å². The van der Waals surface area contributed by atoms with Gasteiger partial charge in [0.2, 0.25) is 0 Å². The average molecular weight is 235 g/mol. The van der Waals surface area contributed by atoms with Crippen LogP contribution in [0.5, 0.6) is 0 Å². The minimum atomic E-state index is -3.25. The highest BCUT2D eigenvalue weighted by atomic mass is 32.2. The van der Waals surface area contributed by atoms with Crippen LogP contribution in [0.1, 0.15) is 19.8 Å². The molecular formula is C9H21N3O2S. The maximum Gasteiger partial charge on any atom is 0.279 e. The Morgan fingerprint density at radius 3 is 2.47 bits per heavy atom. The number of hydrogen-bond acceptors (Lipinski definition) is 3. The van der Waals surface area contributed by atoms with E-state index in [1.807, 2.05) is 6.92 Å². The molecule has 0 aromatic rings. The minimum Gasteiger partial charge on any atom is -0.317 e. The first-order chi connectivity index (χ1) is 7.10. The number of nitrogens with one attached hydrogen (secondary N) is 2. The van der Waals surface area contributed by atoms with E-state index in [0.29, 0.717) is 19.0 Å². The summed E-state index contributed by atoms with van der Waals surface area (Å²) >= 11 is 0. The molecule has 0 bridgehead atoms. The van der Waals surface area contributed by atoms with Gasteiger partial charge in [0.25, 0.3) is 10.2 Å². The van der Waals surface area contributed by atoms with Crippen molar-refractivity contribution in [2.45, 2.75) is 19.8 Å². The Kier molecular flexibility index (Phi) is 4.98. The predicted octanol–water partition coefficient (Wildman–Crippen LogP) is -0.228. The molecule has 0 atom stereocenters. The summed E-state index contributed by atoms with van der Waals surface area (Å²) < 4.78 is 27.1. The highest BCUT2D eigenvalue weighted by Gasteiger charge is 2.23. The van der Waals surface area contributed by atoms with E-state index in [2.05, 4.69) is 10.0 Å². The second-order valence-corrected chi connectivity index (χ2v) is 5.73. The smallest absolute Gasteiger partial charge is 0.279 e. The lowest BCUT2D eigenvalue weighted by Gasteiger charge is -2.28. The van der Waals surface area contributed by atoms with Crippen molar-refractivity contribution < 1.29 is 8.42 Å². The Morgan fingerprint density at radius 2 is 2.00 bits per heavy atom. The van der Waals surface area contributed by atoms with E-state index in [-0.39, 0.29) is 0 Å². The van der Waals surface area contributed by atoms with Crippen molar-refractivity contribution >= 4 is 10.2 Å². The maximum absolute atomic E-state index is 11.6. The first-order valence-electron chi connectivity index (χ1n) is 5.49. The molecule has 0 radical (unpaired) electrons. The van der Waals surface area contributed by atoms with Gasteiger partial charge in [-0.2, -0.15) is 12.7 Å². The van der Waals surface area contributed by atoms with Crippen LogP contribution < -0.4 is 10.0 Å². The fraction of sp³-hybridized carbons (Fsp3) is 1.00. The Labute approximate surface area is 92.4 Å². The van der Waals surface area contributed by atoms with E-state index < -0.39 is 10.2 Å². The monoisotopic (exact) mass is 235 g/mol. The zero-order valence-corrected chi connectivity index (χ0v) is 10.3. The Balaban J connectivity index is 2.52. The number of rotatable bonds is 5. The third-order valence-electron chi connectivity index (χ3n) is 2.87. The molecule has 1 heterocycles. The van der Waals surface area contributed by atoms with Crippen molar-refractivity contribution in [1.29, 1.82) is 0 Å². The summed E-state index contributed by atoms with van der Waals surface area (Å²) in [6, 6.07) is 0. The van der Waals surface area contributed by atoms with Crippen molar-refractivity contribution in [2.75, 3.05) is 33.2 Å². The van der Waals surface area contributed by atoms with Gasteiger partial charge in [-0.05, 0) is 31.8 Å². The van der Waals surface area contributed by atoms with Crippen LogP contribution in [0.3, 0.4) is 0 Å².